The maximum atomic E-state index is 6.20. The molecule has 14 heteroatoms. The van der Waals surface area contributed by atoms with Crippen LogP contribution < -0.4 is 0 Å². The lowest BCUT2D eigenvalue weighted by molar-refractivity contribution is -0.449. The molecule has 0 N–H and O–H groups in total. The lowest BCUT2D eigenvalue weighted by Crippen LogP contribution is -2.63. The number of hydrogen-bond donors (Lipinski definition) is 0. The van der Waals surface area contributed by atoms with Crippen LogP contribution in [0.4, 0.5) is 0 Å². The molecule has 0 aromatic rings. The molecule has 0 aliphatic carbocycles. The summed E-state index contributed by atoms with van der Waals surface area (Å²) in [4.78, 5) is 0. The van der Waals surface area contributed by atoms with E-state index in [4.69, 9.17) is 56.4 Å². The summed E-state index contributed by atoms with van der Waals surface area (Å²) in [7, 11) is 0.207. The van der Waals surface area contributed by atoms with Crippen LogP contribution in [0.3, 0.4) is 0 Å². The van der Waals surface area contributed by atoms with Gasteiger partial charge in [0.15, 0.2) is 0 Å². The molecule has 3 atom stereocenters. The van der Waals surface area contributed by atoms with Crippen molar-refractivity contribution in [3.05, 3.63) is 0 Å². The van der Waals surface area contributed by atoms with Crippen LogP contribution in [-0.4, -0.2) is 115 Å². The van der Waals surface area contributed by atoms with Crippen LogP contribution in [0.1, 0.15) is 13.8 Å². The van der Waals surface area contributed by atoms with E-state index in [-0.39, 0.29) is 36.0 Å². The second-order valence-corrected chi connectivity index (χ2v) is 11.4. The highest BCUT2D eigenvalue weighted by Gasteiger charge is 2.57. The minimum absolute atomic E-state index is 0.0298. The van der Waals surface area contributed by atoms with Gasteiger partial charge in [-0.25, -0.2) is 0 Å². The van der Waals surface area contributed by atoms with E-state index in [0.717, 1.165) is 0 Å². The van der Waals surface area contributed by atoms with Crippen molar-refractivity contribution in [2.75, 3.05) is 86.1 Å². The highest BCUT2D eigenvalue weighted by molar-refractivity contribution is 7.34. The van der Waals surface area contributed by atoms with Gasteiger partial charge < -0.3 is 56.4 Å². The Morgan fingerprint density at radius 3 is 2.06 bits per heavy atom. The second kappa shape index (κ2) is 13.3. The fourth-order valence-corrected chi connectivity index (χ4v) is 5.53. The van der Waals surface area contributed by atoms with Gasteiger partial charge in [0.2, 0.25) is 6.29 Å². The maximum absolute atomic E-state index is 6.20. The fraction of sp³-hybridized carbons (Fsp3) is 1.00. The molecule has 198 valence electrons. The van der Waals surface area contributed by atoms with Crippen molar-refractivity contribution in [2.45, 2.75) is 42.9 Å². The number of rotatable bonds is 11. The predicted octanol–water partition coefficient (Wildman–Crippen LogP) is 1.17. The molecule has 4 rings (SSSR count). The molecule has 4 heterocycles. The molecule has 0 aromatic carbocycles. The Balaban J connectivity index is 1.30. The van der Waals surface area contributed by atoms with E-state index in [0.29, 0.717) is 72.9 Å². The first-order chi connectivity index (χ1) is 16.6. The maximum Gasteiger partial charge on any atom is 0.340 e. The molecule has 34 heavy (non-hydrogen) atoms. The van der Waals surface area contributed by atoms with E-state index in [1.54, 1.807) is 0 Å². The van der Waals surface area contributed by atoms with Crippen LogP contribution in [0, 0.1) is 0 Å². The monoisotopic (exact) mass is 530 g/mol. The van der Waals surface area contributed by atoms with Crippen molar-refractivity contribution >= 4 is 17.6 Å². The predicted molar refractivity (Wildman–Crippen MR) is 120 cm³/mol. The van der Waals surface area contributed by atoms with Crippen molar-refractivity contribution in [1.29, 1.82) is 0 Å². The van der Waals surface area contributed by atoms with Gasteiger partial charge in [-0.05, 0) is 13.8 Å². The molecule has 12 nitrogen and oxygen atoms in total. The lowest BCUT2D eigenvalue weighted by atomic mass is 10.1. The summed E-state index contributed by atoms with van der Waals surface area (Å²) in [6, 6.07) is 0. The van der Waals surface area contributed by atoms with Crippen LogP contribution in [0.15, 0.2) is 0 Å². The first kappa shape index (κ1) is 27.4. The summed E-state index contributed by atoms with van der Waals surface area (Å²) in [6.07, 6.45) is -0.864. The van der Waals surface area contributed by atoms with Crippen LogP contribution >= 0.6 is 17.6 Å². The average molecular weight is 530 g/mol. The van der Waals surface area contributed by atoms with Gasteiger partial charge in [0.1, 0.15) is 6.79 Å². The first-order valence-electron chi connectivity index (χ1n) is 11.6. The molecule has 0 aromatic heterocycles. The first-order valence-corrected chi connectivity index (χ1v) is 13.4. The third kappa shape index (κ3) is 7.02. The number of hydrogen-bond acceptors (Lipinski definition) is 12. The third-order valence-corrected chi connectivity index (χ3v) is 7.87. The van der Waals surface area contributed by atoms with Gasteiger partial charge in [0.05, 0.1) is 76.4 Å². The van der Waals surface area contributed by atoms with E-state index in [2.05, 4.69) is 0 Å². The minimum Gasteiger partial charge on any atom is -0.379 e. The molecule has 2 spiro atoms. The van der Waals surface area contributed by atoms with Crippen molar-refractivity contribution in [3.63, 3.8) is 0 Å². The van der Waals surface area contributed by atoms with Crippen LogP contribution in [0.2, 0.25) is 0 Å². The topological polar surface area (TPSA) is 111 Å². The zero-order chi connectivity index (χ0) is 23.7. The van der Waals surface area contributed by atoms with E-state index in [1.165, 1.54) is 0 Å². The Bertz CT molecular complexity index is 580. The smallest absolute Gasteiger partial charge is 0.340 e. The van der Waals surface area contributed by atoms with Crippen molar-refractivity contribution in [1.82, 2.24) is 0 Å². The van der Waals surface area contributed by atoms with Crippen molar-refractivity contribution in [2.24, 2.45) is 0 Å². The van der Waals surface area contributed by atoms with Crippen molar-refractivity contribution < 1.29 is 56.4 Å². The molecule has 0 amide bonds. The normalized spacial score (nSPS) is 40.4. The number of ether oxygens (including phenoxy) is 10. The summed E-state index contributed by atoms with van der Waals surface area (Å²) in [5.41, 5.74) is 0. The SMILES string of the molecule is CCOCCOC1OCC2(CO1)COC(OCCOCC)(C1OCC3(COCOP3)CO1)OP2. The lowest BCUT2D eigenvalue weighted by Gasteiger charge is -2.50. The van der Waals surface area contributed by atoms with Gasteiger partial charge in [-0.2, -0.15) is 0 Å². The fourth-order valence-electron chi connectivity index (χ4n) is 3.65. The van der Waals surface area contributed by atoms with Gasteiger partial charge in [-0.3, -0.25) is 0 Å². The second-order valence-electron chi connectivity index (χ2n) is 8.35. The zero-order valence-corrected chi connectivity index (χ0v) is 21.7. The van der Waals surface area contributed by atoms with Gasteiger partial charge in [-0.15, -0.1) is 0 Å². The highest BCUT2D eigenvalue weighted by Crippen LogP contribution is 2.49. The molecule has 4 saturated heterocycles. The summed E-state index contributed by atoms with van der Waals surface area (Å²) >= 11 is 0. The third-order valence-electron chi connectivity index (χ3n) is 5.49. The van der Waals surface area contributed by atoms with E-state index in [1.807, 2.05) is 13.8 Å². The van der Waals surface area contributed by atoms with E-state index in [9.17, 15) is 0 Å². The average Bonchev–Trinajstić information content (AvgIpc) is 2.88. The Kier molecular flexibility index (Phi) is 10.7. The Morgan fingerprint density at radius 1 is 0.765 bits per heavy atom. The molecular weight excluding hydrogens is 494 g/mol. The van der Waals surface area contributed by atoms with Gasteiger partial charge >= 0.3 is 5.97 Å². The molecule has 0 bridgehead atoms. The summed E-state index contributed by atoms with van der Waals surface area (Å²) in [5.74, 6) is -1.51. The summed E-state index contributed by atoms with van der Waals surface area (Å²) in [5, 5.41) is -0.781. The Hall–Kier alpha value is 0.380. The quantitative estimate of drug-likeness (QED) is 0.282. The molecule has 0 saturated carbocycles. The van der Waals surface area contributed by atoms with E-state index >= 15 is 0 Å². The molecule has 4 aliphatic rings. The van der Waals surface area contributed by atoms with Crippen molar-refractivity contribution in [3.8, 4) is 0 Å². The minimum atomic E-state index is -1.51. The standard InChI is InChI=1S/C20H36O12P2/c1-3-21-5-7-24-17-27-12-19(13-28-17)14-30-20(32-34-19,29-8-6-22-4-2)16-25-10-18(11-26-16)9-23-15-31-33-18/h16-17,33-34H,3-15H2,1-2H3. The molecule has 3 unspecified atom stereocenters. The molecular formula is C20H36O12P2. The molecule has 4 aliphatic heterocycles. The van der Waals surface area contributed by atoms with Crippen LogP contribution in [-0.2, 0) is 56.4 Å². The summed E-state index contributed by atoms with van der Waals surface area (Å²) in [6.45, 7) is 8.51. The van der Waals surface area contributed by atoms with Crippen LogP contribution in [0.25, 0.3) is 0 Å². The van der Waals surface area contributed by atoms with E-state index < -0.39 is 23.9 Å². The van der Waals surface area contributed by atoms with Gasteiger partial charge in [0.25, 0.3) is 6.48 Å². The molecule has 4 fully saturated rings. The zero-order valence-electron chi connectivity index (χ0n) is 19.7. The van der Waals surface area contributed by atoms with Gasteiger partial charge in [0, 0.05) is 30.8 Å². The van der Waals surface area contributed by atoms with Crippen LogP contribution in [0.5, 0.6) is 0 Å². The largest absolute Gasteiger partial charge is 0.379 e. The van der Waals surface area contributed by atoms with Gasteiger partial charge in [-0.1, -0.05) is 0 Å². The Morgan fingerprint density at radius 2 is 1.44 bits per heavy atom. The Labute approximate surface area is 203 Å². The molecule has 0 radical (unpaired) electrons. The highest BCUT2D eigenvalue weighted by atomic mass is 31.1. The summed E-state index contributed by atoms with van der Waals surface area (Å²) < 4.78 is 69.1.